The Morgan fingerprint density at radius 3 is 2.89 bits per heavy atom. The summed E-state index contributed by atoms with van der Waals surface area (Å²) in [5.41, 5.74) is 3.10. The Bertz CT molecular complexity index is 428. The molecule has 0 bridgehead atoms. The van der Waals surface area contributed by atoms with Gasteiger partial charge in [0.1, 0.15) is 0 Å². The normalized spacial score (nSPS) is 18.8. The summed E-state index contributed by atoms with van der Waals surface area (Å²) < 4.78 is 0. The minimum absolute atomic E-state index is 0.704. The van der Waals surface area contributed by atoms with Gasteiger partial charge in [-0.05, 0) is 18.4 Å². The monoisotopic (exact) mass is 246 g/mol. The second-order valence-corrected chi connectivity index (χ2v) is 5.15. The molecule has 1 aromatic rings. The first-order valence-electron chi connectivity index (χ1n) is 6.81. The number of anilines is 1. The minimum Gasteiger partial charge on any atom is -0.411 e. The average Bonchev–Trinajstić information content (AvgIpc) is 2.39. The molecule has 0 aliphatic carbocycles. The van der Waals surface area contributed by atoms with E-state index >= 15 is 0 Å². The highest BCUT2D eigenvalue weighted by molar-refractivity contribution is 6.06. The van der Waals surface area contributed by atoms with Crippen LogP contribution in [0, 0.1) is 5.92 Å². The molecule has 0 aromatic heterocycles. The number of oxime groups is 1. The van der Waals surface area contributed by atoms with E-state index in [1.54, 1.807) is 0 Å². The van der Waals surface area contributed by atoms with Crippen molar-refractivity contribution in [1.82, 2.24) is 0 Å². The van der Waals surface area contributed by atoms with E-state index in [1.165, 1.54) is 18.5 Å². The minimum atomic E-state index is 0.704. The van der Waals surface area contributed by atoms with Gasteiger partial charge in [0.25, 0.3) is 0 Å². The third-order valence-corrected chi connectivity index (χ3v) is 3.61. The lowest BCUT2D eigenvalue weighted by Crippen LogP contribution is -2.35. The van der Waals surface area contributed by atoms with Crippen molar-refractivity contribution in [2.75, 3.05) is 18.0 Å². The molecule has 1 aliphatic rings. The maximum absolute atomic E-state index is 9.06. The molecule has 98 valence electrons. The van der Waals surface area contributed by atoms with E-state index in [1.807, 2.05) is 12.1 Å². The lowest BCUT2D eigenvalue weighted by molar-refractivity contribution is 0.317. The van der Waals surface area contributed by atoms with Crippen LogP contribution in [0.3, 0.4) is 0 Å². The highest BCUT2D eigenvalue weighted by atomic mass is 16.4. The molecule has 0 saturated heterocycles. The summed E-state index contributed by atoms with van der Waals surface area (Å²) in [6.07, 6.45) is 3.33. The van der Waals surface area contributed by atoms with Crippen LogP contribution in [0.4, 0.5) is 5.69 Å². The van der Waals surface area contributed by atoms with Crippen molar-refractivity contribution in [1.29, 1.82) is 0 Å². The summed E-state index contributed by atoms with van der Waals surface area (Å²) >= 11 is 0. The molecule has 1 aromatic carbocycles. The number of fused-ring (bicyclic) bond motifs is 1. The zero-order valence-electron chi connectivity index (χ0n) is 11.3. The van der Waals surface area contributed by atoms with E-state index in [0.717, 1.165) is 30.8 Å². The lowest BCUT2D eigenvalue weighted by atomic mass is 9.97. The van der Waals surface area contributed by atoms with Gasteiger partial charge in [-0.3, -0.25) is 0 Å². The standard InChI is InChI=1S/C15H22N2O/c1-3-6-12(2)11-17-10-9-14(16-18)13-7-4-5-8-15(13)17/h4-5,7-8,12,18H,3,6,9-11H2,1-2H3. The highest BCUT2D eigenvalue weighted by Crippen LogP contribution is 2.28. The Kier molecular flexibility index (Phi) is 4.24. The molecule has 2 rings (SSSR count). The van der Waals surface area contributed by atoms with Crippen molar-refractivity contribution < 1.29 is 5.21 Å². The zero-order chi connectivity index (χ0) is 13.0. The van der Waals surface area contributed by atoms with Gasteiger partial charge in [-0.25, -0.2) is 0 Å². The fraction of sp³-hybridized carbons (Fsp3) is 0.533. The molecule has 1 unspecified atom stereocenters. The summed E-state index contributed by atoms with van der Waals surface area (Å²) in [6, 6.07) is 8.22. The maximum Gasteiger partial charge on any atom is 0.0906 e. The van der Waals surface area contributed by atoms with Gasteiger partial charge in [0.05, 0.1) is 5.71 Å². The van der Waals surface area contributed by atoms with Crippen LogP contribution in [0.5, 0.6) is 0 Å². The van der Waals surface area contributed by atoms with Crippen molar-refractivity contribution in [3.8, 4) is 0 Å². The van der Waals surface area contributed by atoms with Crippen molar-refractivity contribution in [2.24, 2.45) is 11.1 Å². The molecule has 1 heterocycles. The van der Waals surface area contributed by atoms with Crippen molar-refractivity contribution in [3.63, 3.8) is 0 Å². The molecule has 0 amide bonds. The van der Waals surface area contributed by atoms with Gasteiger partial charge in [0, 0.05) is 30.8 Å². The molecule has 0 spiro atoms. The largest absolute Gasteiger partial charge is 0.411 e. The van der Waals surface area contributed by atoms with Crippen LogP contribution in [0.2, 0.25) is 0 Å². The summed E-state index contributed by atoms with van der Waals surface area (Å²) in [5.74, 6) is 0.704. The molecule has 3 heteroatoms. The first-order valence-corrected chi connectivity index (χ1v) is 6.81. The van der Waals surface area contributed by atoms with E-state index < -0.39 is 0 Å². The molecular weight excluding hydrogens is 224 g/mol. The molecule has 1 aliphatic heterocycles. The topological polar surface area (TPSA) is 35.8 Å². The van der Waals surface area contributed by atoms with Gasteiger partial charge in [0.2, 0.25) is 0 Å². The second kappa shape index (κ2) is 5.89. The van der Waals surface area contributed by atoms with Crippen molar-refractivity contribution >= 4 is 11.4 Å². The fourth-order valence-corrected chi connectivity index (χ4v) is 2.74. The number of hydrogen-bond donors (Lipinski definition) is 1. The van der Waals surface area contributed by atoms with Crippen LogP contribution in [0.15, 0.2) is 29.4 Å². The van der Waals surface area contributed by atoms with Crippen molar-refractivity contribution in [3.05, 3.63) is 29.8 Å². The molecule has 0 radical (unpaired) electrons. The Hall–Kier alpha value is -1.51. The molecule has 3 nitrogen and oxygen atoms in total. The van der Waals surface area contributed by atoms with Gasteiger partial charge in [-0.2, -0.15) is 0 Å². The number of nitrogens with zero attached hydrogens (tertiary/aromatic N) is 2. The van der Waals surface area contributed by atoms with E-state index in [0.29, 0.717) is 5.92 Å². The van der Waals surface area contributed by atoms with Gasteiger partial charge in [0.15, 0.2) is 0 Å². The zero-order valence-corrected chi connectivity index (χ0v) is 11.3. The first-order chi connectivity index (χ1) is 8.76. The van der Waals surface area contributed by atoms with Gasteiger partial charge in [-0.15, -0.1) is 0 Å². The van der Waals surface area contributed by atoms with Gasteiger partial charge < -0.3 is 10.1 Å². The number of benzene rings is 1. The van der Waals surface area contributed by atoms with Gasteiger partial charge >= 0.3 is 0 Å². The number of para-hydroxylation sites is 1. The smallest absolute Gasteiger partial charge is 0.0906 e. The highest BCUT2D eigenvalue weighted by Gasteiger charge is 2.22. The van der Waals surface area contributed by atoms with E-state index in [-0.39, 0.29) is 0 Å². The molecule has 1 atom stereocenters. The maximum atomic E-state index is 9.06. The summed E-state index contributed by atoms with van der Waals surface area (Å²) in [7, 11) is 0. The predicted octanol–water partition coefficient (Wildman–Crippen LogP) is 3.51. The summed E-state index contributed by atoms with van der Waals surface area (Å²) in [5, 5.41) is 12.5. The summed E-state index contributed by atoms with van der Waals surface area (Å²) in [4.78, 5) is 2.42. The number of rotatable bonds is 4. The van der Waals surface area contributed by atoms with E-state index in [2.05, 4.69) is 36.0 Å². The quantitative estimate of drug-likeness (QED) is 0.652. The van der Waals surface area contributed by atoms with Crippen LogP contribution in [0.1, 0.15) is 38.7 Å². The molecule has 0 fully saturated rings. The van der Waals surface area contributed by atoms with E-state index in [9.17, 15) is 0 Å². The Morgan fingerprint density at radius 1 is 1.39 bits per heavy atom. The summed E-state index contributed by atoms with van der Waals surface area (Å²) in [6.45, 7) is 6.58. The van der Waals surface area contributed by atoms with Crippen LogP contribution in [-0.2, 0) is 0 Å². The van der Waals surface area contributed by atoms with E-state index in [4.69, 9.17) is 5.21 Å². The Labute approximate surface area is 109 Å². The third kappa shape index (κ3) is 2.66. The van der Waals surface area contributed by atoms with Crippen LogP contribution in [-0.4, -0.2) is 24.0 Å². The first kappa shape index (κ1) is 12.9. The molecule has 1 N–H and O–H groups in total. The second-order valence-electron chi connectivity index (χ2n) is 5.15. The third-order valence-electron chi connectivity index (χ3n) is 3.61. The Balaban J connectivity index is 2.20. The SMILES string of the molecule is CCCC(C)CN1CCC(=NO)c2ccccc21. The van der Waals surface area contributed by atoms with Crippen LogP contribution in [0.25, 0.3) is 0 Å². The lowest BCUT2D eigenvalue weighted by Gasteiger charge is -2.33. The molecule has 18 heavy (non-hydrogen) atoms. The van der Waals surface area contributed by atoms with Crippen molar-refractivity contribution in [2.45, 2.75) is 33.1 Å². The average molecular weight is 246 g/mol. The fourth-order valence-electron chi connectivity index (χ4n) is 2.74. The molecular formula is C15H22N2O. The van der Waals surface area contributed by atoms with Gasteiger partial charge in [-0.1, -0.05) is 43.6 Å². The van der Waals surface area contributed by atoms with Crippen LogP contribution >= 0.6 is 0 Å². The van der Waals surface area contributed by atoms with Crippen LogP contribution < -0.4 is 4.90 Å². The predicted molar refractivity (Wildman–Crippen MR) is 75.7 cm³/mol. The number of hydrogen-bond acceptors (Lipinski definition) is 3. The Morgan fingerprint density at radius 2 is 2.17 bits per heavy atom. The molecule has 0 saturated carbocycles.